The van der Waals surface area contributed by atoms with Gasteiger partial charge in [0.1, 0.15) is 0 Å². The van der Waals surface area contributed by atoms with Gasteiger partial charge in [-0.25, -0.2) is 0 Å². The van der Waals surface area contributed by atoms with E-state index >= 15 is 0 Å². The maximum Gasteiger partial charge on any atom is 0.251 e. The number of hydrogen-bond acceptors (Lipinski definition) is 6. The molecule has 0 saturated carbocycles. The molecule has 0 spiro atoms. The van der Waals surface area contributed by atoms with Crippen LogP contribution in [0.4, 0.5) is 5.69 Å². The van der Waals surface area contributed by atoms with Crippen LogP contribution in [0.5, 0.6) is 17.2 Å². The van der Waals surface area contributed by atoms with E-state index in [9.17, 15) is 4.79 Å². The number of nitrogens with one attached hydrogen (secondary N) is 1. The third-order valence-electron chi connectivity index (χ3n) is 5.68. The molecule has 1 N–H and O–H groups in total. The summed E-state index contributed by atoms with van der Waals surface area (Å²) in [4.78, 5) is 17.6. The second-order valence-electron chi connectivity index (χ2n) is 8.06. The van der Waals surface area contributed by atoms with E-state index < -0.39 is 0 Å². The van der Waals surface area contributed by atoms with Gasteiger partial charge in [-0.3, -0.25) is 4.79 Å². The van der Waals surface area contributed by atoms with Crippen molar-refractivity contribution in [1.29, 1.82) is 0 Å². The van der Waals surface area contributed by atoms with E-state index in [-0.39, 0.29) is 5.91 Å². The van der Waals surface area contributed by atoms with E-state index in [2.05, 4.69) is 46.4 Å². The molecular weight excluding hydrogens is 418 g/mol. The second-order valence-corrected chi connectivity index (χ2v) is 8.06. The van der Waals surface area contributed by atoms with Gasteiger partial charge in [0.15, 0.2) is 11.5 Å². The summed E-state index contributed by atoms with van der Waals surface area (Å²) in [7, 11) is 2.16. The van der Waals surface area contributed by atoms with Gasteiger partial charge < -0.3 is 29.3 Å². The highest BCUT2D eigenvalue weighted by atomic mass is 16.5. The Morgan fingerprint density at radius 2 is 1.45 bits per heavy atom. The zero-order valence-corrected chi connectivity index (χ0v) is 20.4. The lowest BCUT2D eigenvalue weighted by molar-refractivity contribution is 0.0953. The molecular formula is C26H37N3O4. The molecule has 1 amide bonds. The Bertz CT molecular complexity index is 866. The average molecular weight is 456 g/mol. The third kappa shape index (κ3) is 6.78. The van der Waals surface area contributed by atoms with E-state index in [1.54, 1.807) is 12.1 Å². The third-order valence-corrected chi connectivity index (χ3v) is 5.68. The van der Waals surface area contributed by atoms with Gasteiger partial charge in [0.2, 0.25) is 5.75 Å². The van der Waals surface area contributed by atoms with Crippen molar-refractivity contribution in [2.75, 3.05) is 64.5 Å². The van der Waals surface area contributed by atoms with Gasteiger partial charge in [0.05, 0.1) is 19.8 Å². The van der Waals surface area contributed by atoms with Gasteiger partial charge in [-0.15, -0.1) is 0 Å². The number of ether oxygens (including phenoxy) is 3. The molecule has 1 fully saturated rings. The first-order valence-electron chi connectivity index (χ1n) is 11.9. The zero-order chi connectivity index (χ0) is 23.6. The standard InChI is InChI=1S/C26H37N3O4/c1-5-31-23-18-21(19-24(32-6-2)25(23)33-7-3)26(30)27-13-12-20-8-10-22(11-9-20)29-16-14-28(4)15-17-29/h8-11,18-19H,5-7,12-17H2,1-4H3,(H,27,30). The van der Waals surface area contributed by atoms with Crippen molar-refractivity contribution in [3.63, 3.8) is 0 Å². The molecule has 33 heavy (non-hydrogen) atoms. The molecule has 7 heteroatoms. The van der Waals surface area contributed by atoms with Crippen molar-refractivity contribution in [3.8, 4) is 17.2 Å². The van der Waals surface area contributed by atoms with Crippen LogP contribution in [0, 0.1) is 0 Å². The molecule has 7 nitrogen and oxygen atoms in total. The largest absolute Gasteiger partial charge is 0.490 e. The molecule has 0 unspecified atom stereocenters. The summed E-state index contributed by atoms with van der Waals surface area (Å²) in [5.74, 6) is 1.43. The van der Waals surface area contributed by atoms with Crippen molar-refractivity contribution in [2.45, 2.75) is 27.2 Å². The molecule has 3 rings (SSSR count). The van der Waals surface area contributed by atoms with Gasteiger partial charge in [0.25, 0.3) is 5.91 Å². The van der Waals surface area contributed by atoms with Gasteiger partial charge in [-0.2, -0.15) is 0 Å². The number of amides is 1. The summed E-state index contributed by atoms with van der Waals surface area (Å²) >= 11 is 0. The normalized spacial score (nSPS) is 14.1. The number of carbonyl (C=O) groups is 1. The number of rotatable bonds is 11. The minimum atomic E-state index is -0.158. The Kier molecular flexibility index (Phi) is 9.24. The molecule has 180 valence electrons. The van der Waals surface area contributed by atoms with Crippen LogP contribution in [0.3, 0.4) is 0 Å². The molecule has 2 aromatic carbocycles. The van der Waals surface area contributed by atoms with Crippen LogP contribution in [-0.4, -0.2) is 70.4 Å². The first kappa shape index (κ1) is 24.7. The van der Waals surface area contributed by atoms with E-state index in [1.807, 2.05) is 20.8 Å². The molecule has 1 saturated heterocycles. The first-order chi connectivity index (χ1) is 16.0. The highest BCUT2D eigenvalue weighted by molar-refractivity contribution is 5.95. The maximum absolute atomic E-state index is 12.8. The number of nitrogens with zero attached hydrogens (tertiary/aromatic N) is 2. The van der Waals surface area contributed by atoms with E-state index in [1.165, 1.54) is 11.3 Å². The van der Waals surface area contributed by atoms with Crippen molar-refractivity contribution in [2.24, 2.45) is 0 Å². The second kappa shape index (κ2) is 12.3. The fourth-order valence-electron chi connectivity index (χ4n) is 3.88. The Labute approximate surface area is 197 Å². The van der Waals surface area contributed by atoms with Crippen molar-refractivity contribution < 1.29 is 19.0 Å². The molecule has 1 aliphatic rings. The lowest BCUT2D eigenvalue weighted by atomic mass is 10.1. The fraction of sp³-hybridized carbons (Fsp3) is 0.500. The van der Waals surface area contributed by atoms with Crippen LogP contribution in [0.15, 0.2) is 36.4 Å². The van der Waals surface area contributed by atoms with Crippen molar-refractivity contribution in [1.82, 2.24) is 10.2 Å². The monoisotopic (exact) mass is 455 g/mol. The highest BCUT2D eigenvalue weighted by Gasteiger charge is 2.18. The Morgan fingerprint density at radius 1 is 0.879 bits per heavy atom. The molecule has 0 radical (unpaired) electrons. The van der Waals surface area contributed by atoms with Crippen molar-refractivity contribution in [3.05, 3.63) is 47.5 Å². The number of anilines is 1. The fourth-order valence-corrected chi connectivity index (χ4v) is 3.88. The number of likely N-dealkylation sites (N-methyl/N-ethyl adjacent to an activating group) is 1. The first-order valence-corrected chi connectivity index (χ1v) is 11.9. The van der Waals surface area contributed by atoms with Crippen LogP contribution in [0.1, 0.15) is 36.7 Å². The summed E-state index contributed by atoms with van der Waals surface area (Å²) in [5, 5.41) is 3.01. The molecule has 2 aromatic rings. The van der Waals surface area contributed by atoms with Gasteiger partial charge in [-0.1, -0.05) is 12.1 Å². The van der Waals surface area contributed by atoms with Gasteiger partial charge in [-0.05, 0) is 64.1 Å². The molecule has 1 heterocycles. The zero-order valence-electron chi connectivity index (χ0n) is 20.4. The Balaban J connectivity index is 1.59. The lowest BCUT2D eigenvalue weighted by Gasteiger charge is -2.34. The summed E-state index contributed by atoms with van der Waals surface area (Å²) in [6.45, 7) is 12.0. The number of piperazine rings is 1. The number of benzene rings is 2. The minimum absolute atomic E-state index is 0.158. The SMILES string of the molecule is CCOc1cc(C(=O)NCCc2ccc(N3CCN(C)CC3)cc2)cc(OCC)c1OCC. The van der Waals surface area contributed by atoms with E-state index in [0.29, 0.717) is 49.2 Å². The highest BCUT2D eigenvalue weighted by Crippen LogP contribution is 2.39. The van der Waals surface area contributed by atoms with Gasteiger partial charge in [0, 0.05) is 44.0 Å². The van der Waals surface area contributed by atoms with Crippen LogP contribution in [0.2, 0.25) is 0 Å². The van der Waals surface area contributed by atoms with Crippen LogP contribution >= 0.6 is 0 Å². The molecule has 0 atom stereocenters. The Morgan fingerprint density at radius 3 is 2.00 bits per heavy atom. The molecule has 0 aromatic heterocycles. The molecule has 1 aliphatic heterocycles. The minimum Gasteiger partial charge on any atom is -0.490 e. The maximum atomic E-state index is 12.8. The smallest absolute Gasteiger partial charge is 0.251 e. The summed E-state index contributed by atoms with van der Waals surface area (Å²) < 4.78 is 17.2. The number of hydrogen-bond donors (Lipinski definition) is 1. The topological polar surface area (TPSA) is 63.3 Å². The van der Waals surface area contributed by atoms with Crippen LogP contribution < -0.4 is 24.4 Å². The average Bonchev–Trinajstić information content (AvgIpc) is 2.82. The predicted molar refractivity (Wildman–Crippen MR) is 132 cm³/mol. The molecule has 0 bridgehead atoms. The summed E-state index contributed by atoms with van der Waals surface area (Å²) in [6.07, 6.45) is 0.766. The molecule has 0 aliphatic carbocycles. The summed E-state index contributed by atoms with van der Waals surface area (Å²) in [6, 6.07) is 12.1. The predicted octanol–water partition coefficient (Wildman–Crippen LogP) is 3.61. The van der Waals surface area contributed by atoms with E-state index in [0.717, 1.165) is 32.6 Å². The number of carbonyl (C=O) groups excluding carboxylic acids is 1. The van der Waals surface area contributed by atoms with E-state index in [4.69, 9.17) is 14.2 Å². The summed E-state index contributed by atoms with van der Waals surface area (Å²) in [5.41, 5.74) is 2.96. The van der Waals surface area contributed by atoms with Crippen LogP contribution in [0.25, 0.3) is 0 Å². The quantitative estimate of drug-likeness (QED) is 0.559. The van der Waals surface area contributed by atoms with Gasteiger partial charge >= 0.3 is 0 Å². The Hall–Kier alpha value is -2.93. The van der Waals surface area contributed by atoms with Crippen LogP contribution in [-0.2, 0) is 6.42 Å². The lowest BCUT2D eigenvalue weighted by Crippen LogP contribution is -2.44. The van der Waals surface area contributed by atoms with Crippen molar-refractivity contribution >= 4 is 11.6 Å².